The molecule has 0 bridgehead atoms. The first-order valence-corrected chi connectivity index (χ1v) is 21.2. The summed E-state index contributed by atoms with van der Waals surface area (Å²) in [6.45, 7) is 14.3. The van der Waals surface area contributed by atoms with Gasteiger partial charge in [-0.25, -0.2) is 0 Å². The van der Waals surface area contributed by atoms with E-state index in [4.69, 9.17) is 4.42 Å². The number of benzene rings is 7. The number of para-hydroxylation sites is 3. The highest BCUT2D eigenvalue weighted by Crippen LogP contribution is 2.57. The molecular formula is C52H43BN2OS. The molecule has 3 aliphatic heterocycles. The summed E-state index contributed by atoms with van der Waals surface area (Å²) < 4.78 is 6.74. The number of hydrogen-bond acceptors (Lipinski definition) is 4. The van der Waals surface area contributed by atoms with Crippen molar-refractivity contribution >= 4 is 79.9 Å². The van der Waals surface area contributed by atoms with Gasteiger partial charge >= 0.3 is 6.85 Å². The molecule has 0 spiro atoms. The second kappa shape index (κ2) is 11.5. The van der Waals surface area contributed by atoms with E-state index in [-0.39, 0.29) is 17.7 Å². The van der Waals surface area contributed by atoms with Gasteiger partial charge in [-0.3, -0.25) is 0 Å². The summed E-state index contributed by atoms with van der Waals surface area (Å²) in [6.07, 6.45) is 2.35. The standard InChI is InChI=1S/C52H43BN2OS/c1-30-14-7-8-15-33(30)32-25-37-35-17-13-21-48-50(35)55(41-18-10-12-20-47(41)57-48)53-40-27-36-34-16-9-11-19-45(34)56-46(36)29-43(40)54(44(26-32)49(37)53)42-28-39-38(24-31(42)2)51(3,4)22-23-52(39,5)6/h7-21,24-29H,22-23H2,1-6H3. The first kappa shape index (κ1) is 33.5. The zero-order chi connectivity index (χ0) is 38.5. The highest BCUT2D eigenvalue weighted by Gasteiger charge is 2.48. The second-order valence-electron chi connectivity index (χ2n) is 18.1. The summed E-state index contributed by atoms with van der Waals surface area (Å²) in [5, 5.41) is 2.32. The first-order chi connectivity index (χ1) is 27.6. The lowest BCUT2D eigenvalue weighted by Gasteiger charge is -2.48. The molecule has 0 radical (unpaired) electrons. The van der Waals surface area contributed by atoms with Gasteiger partial charge in [-0.15, -0.1) is 0 Å². The molecule has 0 saturated carbocycles. The summed E-state index contributed by atoms with van der Waals surface area (Å²) in [4.78, 5) is 7.88. The average Bonchev–Trinajstić information content (AvgIpc) is 3.57. The fourth-order valence-electron chi connectivity index (χ4n) is 10.7. The third-order valence-electron chi connectivity index (χ3n) is 13.7. The summed E-state index contributed by atoms with van der Waals surface area (Å²) in [7, 11) is 0. The van der Waals surface area contributed by atoms with Crippen molar-refractivity contribution in [3.8, 4) is 22.3 Å². The molecule has 5 heteroatoms. The van der Waals surface area contributed by atoms with Gasteiger partial charge in [0.05, 0.1) is 5.69 Å². The second-order valence-corrected chi connectivity index (χ2v) is 19.1. The van der Waals surface area contributed by atoms with Crippen LogP contribution < -0.4 is 20.6 Å². The Morgan fingerprint density at radius 2 is 1.28 bits per heavy atom. The van der Waals surface area contributed by atoms with Gasteiger partial charge in [0, 0.05) is 54.9 Å². The fraction of sp³-hybridized carbons (Fsp3) is 0.192. The SMILES string of the molecule is Cc1ccccc1-c1cc2c3c(c1)N(c1cc4c(cc1C)C(C)(C)CCC4(C)C)c1cc4oc5ccccc5c4cc1B3N1c3ccccc3Sc3cccc-2c31. The van der Waals surface area contributed by atoms with Crippen molar-refractivity contribution in [3.05, 3.63) is 150 Å². The van der Waals surface area contributed by atoms with Crippen molar-refractivity contribution in [1.82, 2.24) is 0 Å². The van der Waals surface area contributed by atoms with E-state index in [1.807, 2.05) is 11.8 Å². The monoisotopic (exact) mass is 754 g/mol. The minimum atomic E-state index is -0.0609. The normalized spacial score (nSPS) is 16.6. The van der Waals surface area contributed by atoms with Crippen LogP contribution in [-0.4, -0.2) is 6.85 Å². The molecule has 276 valence electrons. The number of furan rings is 1. The fourth-order valence-corrected chi connectivity index (χ4v) is 11.8. The van der Waals surface area contributed by atoms with Crippen LogP contribution >= 0.6 is 11.8 Å². The topological polar surface area (TPSA) is 19.6 Å². The largest absolute Gasteiger partial charge is 0.456 e. The molecule has 3 nitrogen and oxygen atoms in total. The Bertz CT molecular complexity index is 3060. The lowest BCUT2D eigenvalue weighted by Crippen LogP contribution is -2.62. The Morgan fingerprint density at radius 1 is 0.561 bits per heavy atom. The van der Waals surface area contributed by atoms with E-state index in [9.17, 15) is 0 Å². The maximum Gasteiger partial charge on any atom is 0.333 e. The maximum atomic E-state index is 6.74. The van der Waals surface area contributed by atoms with Crippen molar-refractivity contribution in [3.63, 3.8) is 0 Å². The zero-order valence-electron chi connectivity index (χ0n) is 33.3. The summed E-state index contributed by atoms with van der Waals surface area (Å²) in [6, 6.07) is 48.2. The van der Waals surface area contributed by atoms with Gasteiger partial charge in [0.2, 0.25) is 0 Å². The van der Waals surface area contributed by atoms with Crippen LogP contribution in [0.25, 0.3) is 44.2 Å². The van der Waals surface area contributed by atoms with Crippen molar-refractivity contribution in [2.24, 2.45) is 0 Å². The van der Waals surface area contributed by atoms with E-state index in [2.05, 4.69) is 179 Å². The number of hydrogen-bond donors (Lipinski definition) is 0. The Balaban J connectivity index is 1.25. The van der Waals surface area contributed by atoms with Crippen molar-refractivity contribution in [2.75, 3.05) is 9.71 Å². The quantitative estimate of drug-likeness (QED) is 0.164. The molecule has 1 aromatic heterocycles. The predicted octanol–water partition coefficient (Wildman–Crippen LogP) is 13.4. The summed E-state index contributed by atoms with van der Waals surface area (Å²) >= 11 is 1.89. The average molecular weight is 755 g/mol. The smallest absolute Gasteiger partial charge is 0.333 e. The molecular weight excluding hydrogens is 711 g/mol. The molecule has 4 aliphatic rings. The molecule has 8 aromatic rings. The van der Waals surface area contributed by atoms with Gasteiger partial charge in [0.15, 0.2) is 0 Å². The van der Waals surface area contributed by atoms with Crippen LogP contribution in [0, 0.1) is 13.8 Å². The Kier molecular flexibility index (Phi) is 6.75. The van der Waals surface area contributed by atoms with Gasteiger partial charge in [0.25, 0.3) is 0 Å². The number of anilines is 5. The molecule has 57 heavy (non-hydrogen) atoms. The van der Waals surface area contributed by atoms with Crippen molar-refractivity contribution in [1.29, 1.82) is 0 Å². The molecule has 0 saturated heterocycles. The minimum Gasteiger partial charge on any atom is -0.456 e. The van der Waals surface area contributed by atoms with Crippen LogP contribution in [0.5, 0.6) is 0 Å². The molecule has 0 amide bonds. The lowest BCUT2D eigenvalue weighted by molar-refractivity contribution is 0.332. The van der Waals surface area contributed by atoms with Crippen molar-refractivity contribution < 1.29 is 4.42 Å². The summed E-state index contributed by atoms with van der Waals surface area (Å²) in [5.41, 5.74) is 21.5. The van der Waals surface area contributed by atoms with E-state index in [1.165, 1.54) is 100 Å². The molecule has 7 aromatic carbocycles. The molecule has 0 fully saturated rings. The number of aryl methyl sites for hydroxylation is 2. The highest BCUT2D eigenvalue weighted by atomic mass is 32.2. The predicted molar refractivity (Wildman–Crippen MR) is 242 cm³/mol. The highest BCUT2D eigenvalue weighted by molar-refractivity contribution is 7.99. The molecule has 1 aliphatic carbocycles. The maximum absolute atomic E-state index is 6.74. The molecule has 12 rings (SSSR count). The van der Waals surface area contributed by atoms with Crippen LogP contribution in [0.15, 0.2) is 142 Å². The molecule has 0 atom stereocenters. The van der Waals surface area contributed by atoms with E-state index in [1.54, 1.807) is 0 Å². The van der Waals surface area contributed by atoms with E-state index in [0.717, 1.165) is 28.4 Å². The minimum absolute atomic E-state index is 0.0596. The molecule has 4 heterocycles. The van der Waals surface area contributed by atoms with Gasteiger partial charge < -0.3 is 14.1 Å². The number of fused-ring (bicyclic) bond motifs is 10. The van der Waals surface area contributed by atoms with E-state index >= 15 is 0 Å². The Morgan fingerprint density at radius 3 is 2.12 bits per heavy atom. The van der Waals surface area contributed by atoms with Gasteiger partial charge in [-0.1, -0.05) is 118 Å². The van der Waals surface area contributed by atoms with Crippen LogP contribution in [-0.2, 0) is 10.8 Å². The van der Waals surface area contributed by atoms with Crippen LogP contribution in [0.3, 0.4) is 0 Å². The summed E-state index contributed by atoms with van der Waals surface area (Å²) in [5.74, 6) is 0. The first-order valence-electron chi connectivity index (χ1n) is 20.4. The zero-order valence-corrected chi connectivity index (χ0v) is 34.1. The van der Waals surface area contributed by atoms with Gasteiger partial charge in [-0.2, -0.15) is 0 Å². The lowest BCUT2D eigenvalue weighted by atomic mass is 9.43. The molecule has 0 unspecified atom stereocenters. The van der Waals surface area contributed by atoms with Crippen LogP contribution in [0.4, 0.5) is 28.4 Å². The Labute approximate surface area is 339 Å². The van der Waals surface area contributed by atoms with Gasteiger partial charge in [0.1, 0.15) is 11.2 Å². The number of rotatable bonds is 2. The van der Waals surface area contributed by atoms with Gasteiger partial charge in [-0.05, 0) is 130 Å². The van der Waals surface area contributed by atoms with E-state index < -0.39 is 0 Å². The Hall–Kier alpha value is -5.65. The molecule has 0 N–H and O–H groups in total. The van der Waals surface area contributed by atoms with Crippen LogP contribution in [0.2, 0.25) is 0 Å². The van der Waals surface area contributed by atoms with Crippen LogP contribution in [0.1, 0.15) is 62.8 Å². The third kappa shape index (κ3) is 4.58. The van der Waals surface area contributed by atoms with E-state index in [0.29, 0.717) is 0 Å². The third-order valence-corrected chi connectivity index (χ3v) is 14.8. The number of nitrogens with zero attached hydrogens (tertiary/aromatic N) is 2. The van der Waals surface area contributed by atoms with Crippen molar-refractivity contribution in [2.45, 2.75) is 75.0 Å².